The van der Waals surface area contributed by atoms with Gasteiger partial charge in [0.2, 0.25) is 0 Å². The summed E-state index contributed by atoms with van der Waals surface area (Å²) in [6.45, 7) is 3.90. The molecule has 4 rings (SSSR count). The van der Waals surface area contributed by atoms with Crippen LogP contribution in [0.25, 0.3) is 0 Å². The summed E-state index contributed by atoms with van der Waals surface area (Å²) >= 11 is 6.43. The van der Waals surface area contributed by atoms with Gasteiger partial charge in [0, 0.05) is 17.9 Å². The zero-order valence-corrected chi connectivity index (χ0v) is 18.9. The molecule has 0 aliphatic carbocycles. The molecule has 0 unspecified atom stereocenters. The number of ether oxygens (including phenoxy) is 2. The Balaban J connectivity index is 0.00000141. The van der Waals surface area contributed by atoms with Gasteiger partial charge in [0.1, 0.15) is 18.4 Å². The second-order valence-corrected chi connectivity index (χ2v) is 7.66. The SMILES string of the molecule is CC.OC[C@@H]1C[C@H](O)C[C@H](c2ccc(Cl)c(Cc3ccc(Oc4ncncn4)cc3)c2)O1. The maximum Gasteiger partial charge on any atom is 0.324 e. The molecule has 2 N–H and O–H groups in total. The van der Waals surface area contributed by atoms with E-state index in [-0.39, 0.29) is 24.8 Å². The van der Waals surface area contributed by atoms with E-state index in [4.69, 9.17) is 21.1 Å². The molecular formula is C24H28ClN3O4. The Labute approximate surface area is 193 Å². The fourth-order valence-corrected chi connectivity index (χ4v) is 3.72. The fraction of sp³-hybridized carbons (Fsp3) is 0.375. The molecule has 0 saturated carbocycles. The average Bonchev–Trinajstić information content (AvgIpc) is 2.83. The summed E-state index contributed by atoms with van der Waals surface area (Å²) in [4.78, 5) is 11.6. The molecule has 3 aromatic rings. The predicted octanol–water partition coefficient (Wildman–Crippen LogP) is 4.51. The highest BCUT2D eigenvalue weighted by atomic mass is 35.5. The van der Waals surface area contributed by atoms with E-state index >= 15 is 0 Å². The number of benzene rings is 2. The standard InChI is InChI=1S/C22H22ClN3O4.C2H6/c23-20-6-3-15(21-10-17(28)9-19(11-27)29-21)8-16(20)7-14-1-4-18(5-2-14)30-22-25-12-24-13-26-22;1-2/h1-6,8,12-13,17,19,21,27-28H,7,9-11H2;1-2H3/t17-,19-,21+;/m0./s1. The molecule has 1 aliphatic heterocycles. The summed E-state index contributed by atoms with van der Waals surface area (Å²) < 4.78 is 11.5. The molecule has 0 amide bonds. The zero-order chi connectivity index (χ0) is 22.9. The lowest BCUT2D eigenvalue weighted by molar-refractivity contribution is -0.113. The Kier molecular flexibility index (Phi) is 8.93. The van der Waals surface area contributed by atoms with Crippen molar-refractivity contribution in [3.8, 4) is 11.8 Å². The molecule has 1 saturated heterocycles. The fourth-order valence-electron chi connectivity index (χ4n) is 3.53. The number of aromatic nitrogens is 3. The van der Waals surface area contributed by atoms with Crippen LogP contribution in [-0.4, -0.2) is 44.0 Å². The van der Waals surface area contributed by atoms with E-state index in [0.717, 1.165) is 16.7 Å². The third-order valence-electron chi connectivity index (χ3n) is 5.02. The van der Waals surface area contributed by atoms with Crippen LogP contribution in [0.5, 0.6) is 11.8 Å². The monoisotopic (exact) mass is 457 g/mol. The van der Waals surface area contributed by atoms with Gasteiger partial charge in [-0.2, -0.15) is 9.97 Å². The van der Waals surface area contributed by atoms with Crippen LogP contribution in [0.1, 0.15) is 49.5 Å². The first-order valence-corrected chi connectivity index (χ1v) is 11.1. The minimum absolute atomic E-state index is 0.104. The van der Waals surface area contributed by atoms with Crippen molar-refractivity contribution in [1.82, 2.24) is 15.0 Å². The first kappa shape index (κ1) is 24.1. The minimum atomic E-state index is -0.489. The molecule has 0 radical (unpaired) electrons. The van der Waals surface area contributed by atoms with Crippen LogP contribution >= 0.6 is 11.6 Å². The minimum Gasteiger partial charge on any atom is -0.424 e. The zero-order valence-electron chi connectivity index (χ0n) is 18.2. The summed E-state index contributed by atoms with van der Waals surface area (Å²) in [5, 5.41) is 20.2. The van der Waals surface area contributed by atoms with Crippen LogP contribution in [0.4, 0.5) is 0 Å². The Morgan fingerprint density at radius 2 is 1.78 bits per heavy atom. The molecule has 170 valence electrons. The Morgan fingerprint density at radius 3 is 2.47 bits per heavy atom. The molecule has 0 spiro atoms. The predicted molar refractivity (Wildman–Crippen MR) is 122 cm³/mol. The highest BCUT2D eigenvalue weighted by Gasteiger charge is 2.29. The average molecular weight is 458 g/mol. The highest BCUT2D eigenvalue weighted by molar-refractivity contribution is 6.31. The molecule has 32 heavy (non-hydrogen) atoms. The summed E-state index contributed by atoms with van der Waals surface area (Å²) in [5.74, 6) is 0.629. The highest BCUT2D eigenvalue weighted by Crippen LogP contribution is 2.34. The van der Waals surface area contributed by atoms with E-state index in [1.807, 2.05) is 56.3 Å². The second kappa shape index (κ2) is 11.9. The summed E-state index contributed by atoms with van der Waals surface area (Å²) in [6, 6.07) is 13.6. The first-order chi connectivity index (χ1) is 15.6. The summed E-state index contributed by atoms with van der Waals surface area (Å²) in [5.41, 5.74) is 2.97. The largest absolute Gasteiger partial charge is 0.424 e. The van der Waals surface area contributed by atoms with Gasteiger partial charge in [-0.25, -0.2) is 4.98 Å². The van der Waals surface area contributed by atoms with Crippen LogP contribution in [0, 0.1) is 0 Å². The lowest BCUT2D eigenvalue weighted by Gasteiger charge is -2.32. The molecule has 0 bridgehead atoms. The van der Waals surface area contributed by atoms with Gasteiger partial charge in [-0.05, 0) is 41.3 Å². The van der Waals surface area contributed by atoms with E-state index in [1.165, 1.54) is 12.7 Å². The van der Waals surface area contributed by atoms with Crippen LogP contribution < -0.4 is 4.74 Å². The Bertz CT molecular complexity index is 973. The number of nitrogens with zero attached hydrogens (tertiary/aromatic N) is 3. The van der Waals surface area contributed by atoms with Crippen LogP contribution in [-0.2, 0) is 11.2 Å². The molecule has 3 atom stereocenters. The van der Waals surface area contributed by atoms with Crippen molar-refractivity contribution in [2.45, 2.75) is 51.4 Å². The van der Waals surface area contributed by atoms with Crippen LogP contribution in [0.3, 0.4) is 0 Å². The number of hydrogen-bond acceptors (Lipinski definition) is 7. The summed E-state index contributed by atoms with van der Waals surface area (Å²) in [7, 11) is 0. The van der Waals surface area contributed by atoms with Gasteiger partial charge in [-0.3, -0.25) is 0 Å². The van der Waals surface area contributed by atoms with Crippen molar-refractivity contribution in [3.05, 3.63) is 76.8 Å². The number of aliphatic hydroxyl groups is 2. The van der Waals surface area contributed by atoms with E-state index < -0.39 is 6.10 Å². The van der Waals surface area contributed by atoms with Crippen LogP contribution in [0.15, 0.2) is 55.1 Å². The van der Waals surface area contributed by atoms with Gasteiger partial charge in [0.05, 0.1) is 24.9 Å². The van der Waals surface area contributed by atoms with Crippen molar-refractivity contribution < 1.29 is 19.7 Å². The quantitative estimate of drug-likeness (QED) is 0.562. The molecule has 7 nitrogen and oxygen atoms in total. The molecule has 8 heteroatoms. The second-order valence-electron chi connectivity index (χ2n) is 7.25. The van der Waals surface area contributed by atoms with Gasteiger partial charge in [0.15, 0.2) is 0 Å². The van der Waals surface area contributed by atoms with E-state index in [0.29, 0.717) is 30.0 Å². The van der Waals surface area contributed by atoms with E-state index in [1.54, 1.807) is 0 Å². The number of rotatable bonds is 6. The topological polar surface area (TPSA) is 97.6 Å². The smallest absolute Gasteiger partial charge is 0.324 e. The molecular weight excluding hydrogens is 430 g/mol. The van der Waals surface area contributed by atoms with Crippen molar-refractivity contribution in [2.24, 2.45) is 0 Å². The van der Waals surface area contributed by atoms with Crippen LogP contribution in [0.2, 0.25) is 5.02 Å². The van der Waals surface area contributed by atoms with Gasteiger partial charge in [-0.1, -0.05) is 49.7 Å². The van der Waals surface area contributed by atoms with Gasteiger partial charge in [0.25, 0.3) is 0 Å². The van der Waals surface area contributed by atoms with Gasteiger partial charge < -0.3 is 19.7 Å². The van der Waals surface area contributed by atoms with Crippen molar-refractivity contribution in [3.63, 3.8) is 0 Å². The van der Waals surface area contributed by atoms with Crippen molar-refractivity contribution in [1.29, 1.82) is 0 Å². The molecule has 1 fully saturated rings. The third-order valence-corrected chi connectivity index (χ3v) is 5.39. The summed E-state index contributed by atoms with van der Waals surface area (Å²) in [6.07, 6.45) is 3.24. The Hall–Kier alpha value is -2.58. The van der Waals surface area contributed by atoms with E-state index in [2.05, 4.69) is 15.0 Å². The Morgan fingerprint density at radius 1 is 1.06 bits per heavy atom. The van der Waals surface area contributed by atoms with E-state index in [9.17, 15) is 10.2 Å². The van der Waals surface area contributed by atoms with Crippen molar-refractivity contribution >= 4 is 11.6 Å². The lowest BCUT2D eigenvalue weighted by atomic mass is 9.94. The molecule has 1 aliphatic rings. The third kappa shape index (κ3) is 6.46. The van der Waals surface area contributed by atoms with Gasteiger partial charge in [-0.15, -0.1) is 0 Å². The maximum atomic E-state index is 10.1. The van der Waals surface area contributed by atoms with Gasteiger partial charge >= 0.3 is 6.01 Å². The molecule has 2 heterocycles. The number of halogens is 1. The molecule has 2 aromatic carbocycles. The van der Waals surface area contributed by atoms with Crippen molar-refractivity contribution in [2.75, 3.05) is 6.61 Å². The number of hydrogen-bond donors (Lipinski definition) is 2. The normalized spacial score (nSPS) is 20.2. The maximum absolute atomic E-state index is 10.1. The number of aliphatic hydroxyl groups excluding tert-OH is 2. The lowest BCUT2D eigenvalue weighted by Crippen LogP contribution is -2.33. The first-order valence-electron chi connectivity index (χ1n) is 10.7. The molecule has 1 aromatic heterocycles.